The second-order valence-electron chi connectivity index (χ2n) is 10.3. The summed E-state index contributed by atoms with van der Waals surface area (Å²) in [4.78, 5) is 25.7. The predicted molar refractivity (Wildman–Crippen MR) is 115 cm³/mol. The first-order valence-corrected chi connectivity index (χ1v) is 11.7. The van der Waals surface area contributed by atoms with Gasteiger partial charge in [-0.1, -0.05) is 12.5 Å². The Morgan fingerprint density at radius 2 is 1.94 bits per heavy atom. The van der Waals surface area contributed by atoms with E-state index in [-0.39, 0.29) is 49.8 Å². The Balaban J connectivity index is 1.41. The van der Waals surface area contributed by atoms with E-state index < -0.39 is 40.9 Å². The van der Waals surface area contributed by atoms with Gasteiger partial charge in [0.2, 0.25) is 0 Å². The maximum atomic E-state index is 15.0. The molecule has 3 fully saturated rings. The Morgan fingerprint density at radius 3 is 2.44 bits per heavy atom. The molecule has 0 spiro atoms. The molecule has 2 heterocycles. The van der Waals surface area contributed by atoms with Crippen LogP contribution in [-0.4, -0.2) is 57.9 Å². The van der Waals surface area contributed by atoms with Crippen molar-refractivity contribution in [3.63, 3.8) is 0 Å². The molecule has 188 valence electrons. The number of aliphatic carboxylic acids is 1. The third-order valence-corrected chi connectivity index (χ3v) is 8.06. The fraction of sp³-hybridized carbons (Fsp3) is 0.667. The number of likely N-dealkylation sites (tertiary alicyclic amines) is 1. The van der Waals surface area contributed by atoms with E-state index >= 15 is 0 Å². The number of alkyl halides is 3. The summed E-state index contributed by atoms with van der Waals surface area (Å²) < 4.78 is 55.4. The summed E-state index contributed by atoms with van der Waals surface area (Å²) in [6, 6.07) is 3.58. The third-order valence-electron chi connectivity index (χ3n) is 8.06. The van der Waals surface area contributed by atoms with Crippen LogP contribution in [0.25, 0.3) is 0 Å². The van der Waals surface area contributed by atoms with Crippen LogP contribution in [0.1, 0.15) is 73.8 Å². The first kappa shape index (κ1) is 24.9. The molecule has 34 heavy (non-hydrogen) atoms. The van der Waals surface area contributed by atoms with E-state index in [4.69, 9.17) is 0 Å². The first-order valence-electron chi connectivity index (χ1n) is 11.7. The van der Waals surface area contributed by atoms with Crippen molar-refractivity contribution in [1.82, 2.24) is 10.2 Å². The van der Waals surface area contributed by atoms with Crippen molar-refractivity contribution in [1.29, 1.82) is 0 Å². The molecule has 1 saturated carbocycles. The molecule has 0 aromatic heterocycles. The Kier molecular flexibility index (Phi) is 6.44. The zero-order valence-electron chi connectivity index (χ0n) is 19.0. The van der Waals surface area contributed by atoms with E-state index in [9.17, 15) is 37.4 Å². The fourth-order valence-electron chi connectivity index (χ4n) is 5.77. The standard InChI is InChI=1S/C24H30F4N2O4/c1-22(21(33)34)11-16(31)13-30(22)20(32)15-4-5-17(18(25)9-15)19-6-3-14(12-29-19)10-23(7-2-8-23)24(26,27)28/h4-5,9,14,16,19,29,31H,2-3,6-8,10-13H2,1H3,(H,33,34)/t14?,16-,19?,22+/m1/s1. The smallest absolute Gasteiger partial charge is 0.394 e. The highest BCUT2D eigenvalue weighted by atomic mass is 19.4. The van der Waals surface area contributed by atoms with Crippen LogP contribution in [0.15, 0.2) is 18.2 Å². The molecule has 1 amide bonds. The van der Waals surface area contributed by atoms with Crippen molar-refractivity contribution in [2.75, 3.05) is 13.1 Å². The molecule has 3 N–H and O–H groups in total. The minimum absolute atomic E-state index is 0.0198. The molecule has 6 nitrogen and oxygen atoms in total. The van der Waals surface area contributed by atoms with Gasteiger partial charge in [-0.15, -0.1) is 0 Å². The number of aliphatic hydroxyl groups is 1. The summed E-state index contributed by atoms with van der Waals surface area (Å²) in [5, 5.41) is 22.6. The van der Waals surface area contributed by atoms with Gasteiger partial charge < -0.3 is 20.4 Å². The van der Waals surface area contributed by atoms with Crippen LogP contribution in [0.4, 0.5) is 17.6 Å². The Morgan fingerprint density at radius 1 is 1.24 bits per heavy atom. The van der Waals surface area contributed by atoms with Crippen LogP contribution in [0.2, 0.25) is 0 Å². The second kappa shape index (κ2) is 8.78. The Hall–Kier alpha value is -2.20. The quantitative estimate of drug-likeness (QED) is 0.547. The van der Waals surface area contributed by atoms with Gasteiger partial charge in [0, 0.05) is 30.1 Å². The lowest BCUT2D eigenvalue weighted by Crippen LogP contribution is -2.50. The average Bonchev–Trinajstić information content (AvgIpc) is 3.05. The molecule has 2 saturated heterocycles. The van der Waals surface area contributed by atoms with Crippen molar-refractivity contribution in [3.8, 4) is 0 Å². The molecule has 1 aromatic rings. The Bertz CT molecular complexity index is 957. The number of piperidine rings is 1. The van der Waals surface area contributed by atoms with Gasteiger partial charge in [-0.05, 0) is 63.6 Å². The normalized spacial score (nSPS) is 31.2. The number of carboxylic acids is 1. The highest BCUT2D eigenvalue weighted by Crippen LogP contribution is 2.57. The molecule has 3 aliphatic rings. The molecule has 1 aromatic carbocycles. The number of β-amino-alcohol motifs (C(OH)–C–C–N with tert-alkyl or cyclic N) is 1. The highest BCUT2D eigenvalue weighted by Gasteiger charge is 2.58. The maximum Gasteiger partial charge on any atom is 0.394 e. The molecule has 10 heteroatoms. The van der Waals surface area contributed by atoms with Crippen LogP contribution in [0, 0.1) is 17.2 Å². The minimum Gasteiger partial charge on any atom is -0.480 e. The molecule has 2 unspecified atom stereocenters. The van der Waals surface area contributed by atoms with Gasteiger partial charge in [0.05, 0.1) is 11.5 Å². The predicted octanol–water partition coefficient (Wildman–Crippen LogP) is 4.04. The number of aliphatic hydroxyl groups excluding tert-OH is 1. The van der Waals surface area contributed by atoms with E-state index in [1.807, 2.05) is 0 Å². The van der Waals surface area contributed by atoms with Gasteiger partial charge >= 0.3 is 12.1 Å². The molecular formula is C24H30F4N2O4. The number of halogens is 4. The van der Waals surface area contributed by atoms with E-state index in [2.05, 4.69) is 5.32 Å². The number of carbonyl (C=O) groups is 2. The van der Waals surface area contributed by atoms with E-state index in [0.29, 0.717) is 31.4 Å². The average molecular weight is 487 g/mol. The monoisotopic (exact) mass is 486 g/mol. The number of nitrogens with one attached hydrogen (secondary N) is 1. The topological polar surface area (TPSA) is 89.9 Å². The highest BCUT2D eigenvalue weighted by molar-refractivity contribution is 5.98. The van der Waals surface area contributed by atoms with Crippen molar-refractivity contribution < 1.29 is 37.4 Å². The van der Waals surface area contributed by atoms with Gasteiger partial charge in [0.25, 0.3) is 5.91 Å². The molecule has 2 aliphatic heterocycles. The number of carboxylic acid groups (broad SMARTS) is 1. The summed E-state index contributed by atoms with van der Waals surface area (Å²) in [5.41, 5.74) is -2.85. The third kappa shape index (κ3) is 4.30. The van der Waals surface area contributed by atoms with Gasteiger partial charge in [-0.25, -0.2) is 9.18 Å². The summed E-state index contributed by atoms with van der Waals surface area (Å²) in [5.74, 6) is -2.69. The molecule has 1 aliphatic carbocycles. The summed E-state index contributed by atoms with van der Waals surface area (Å²) in [6.45, 7) is 1.56. The van der Waals surface area contributed by atoms with Crippen molar-refractivity contribution in [3.05, 3.63) is 35.1 Å². The van der Waals surface area contributed by atoms with Crippen LogP contribution in [-0.2, 0) is 4.79 Å². The first-order chi connectivity index (χ1) is 15.9. The van der Waals surface area contributed by atoms with Crippen molar-refractivity contribution in [2.24, 2.45) is 11.3 Å². The van der Waals surface area contributed by atoms with E-state index in [1.54, 1.807) is 0 Å². The number of benzene rings is 1. The van der Waals surface area contributed by atoms with Crippen molar-refractivity contribution in [2.45, 2.75) is 75.7 Å². The number of rotatable bonds is 5. The maximum absolute atomic E-state index is 15.0. The lowest BCUT2D eigenvalue weighted by Gasteiger charge is -2.46. The molecule has 0 bridgehead atoms. The fourth-order valence-corrected chi connectivity index (χ4v) is 5.77. The summed E-state index contributed by atoms with van der Waals surface area (Å²) in [7, 11) is 0. The molecule has 4 rings (SSSR count). The summed E-state index contributed by atoms with van der Waals surface area (Å²) >= 11 is 0. The number of amides is 1. The van der Waals surface area contributed by atoms with E-state index in [0.717, 1.165) is 11.0 Å². The van der Waals surface area contributed by atoms with Crippen molar-refractivity contribution >= 4 is 11.9 Å². The second-order valence-corrected chi connectivity index (χ2v) is 10.3. The molecule has 0 radical (unpaired) electrons. The van der Waals surface area contributed by atoms with Crippen LogP contribution in [0.3, 0.4) is 0 Å². The number of hydrogen-bond acceptors (Lipinski definition) is 4. The van der Waals surface area contributed by atoms with Crippen LogP contribution >= 0.6 is 0 Å². The van der Waals surface area contributed by atoms with Gasteiger partial charge in [-0.2, -0.15) is 13.2 Å². The lowest BCUT2D eigenvalue weighted by atomic mass is 9.62. The largest absolute Gasteiger partial charge is 0.480 e. The number of carbonyl (C=O) groups excluding carboxylic acids is 1. The SMILES string of the molecule is C[C@@]1(C(=O)O)C[C@@H](O)CN1C(=O)c1ccc(C2CCC(CC3(C(F)(F)F)CCC3)CN2)c(F)c1. The van der Waals surface area contributed by atoms with Gasteiger partial charge in [0.1, 0.15) is 11.4 Å². The van der Waals surface area contributed by atoms with Crippen LogP contribution in [0.5, 0.6) is 0 Å². The van der Waals surface area contributed by atoms with Gasteiger partial charge in [0.15, 0.2) is 0 Å². The number of nitrogens with zero attached hydrogens (tertiary/aromatic N) is 1. The number of hydrogen-bond donors (Lipinski definition) is 3. The lowest BCUT2D eigenvalue weighted by molar-refractivity contribution is -0.257. The zero-order chi connectivity index (χ0) is 24.9. The van der Waals surface area contributed by atoms with Gasteiger partial charge in [-0.3, -0.25) is 4.79 Å². The van der Waals surface area contributed by atoms with Crippen LogP contribution < -0.4 is 5.32 Å². The van der Waals surface area contributed by atoms with E-state index in [1.165, 1.54) is 19.1 Å². The molecular weight excluding hydrogens is 456 g/mol. The minimum atomic E-state index is -4.20. The zero-order valence-corrected chi connectivity index (χ0v) is 19.0. The summed E-state index contributed by atoms with van der Waals surface area (Å²) in [6.07, 6.45) is -3.21. The molecule has 4 atom stereocenters. The Labute approximate surface area is 195 Å².